The summed E-state index contributed by atoms with van der Waals surface area (Å²) in [6, 6.07) is 5.46. The SMILES string of the molecule is CCNC(=NCc1ncccc1C)NC1CCN(C2CCCC2)CC1.I. The molecule has 2 fully saturated rings. The monoisotopic (exact) mass is 471 g/mol. The Labute approximate surface area is 175 Å². The molecule has 0 bridgehead atoms. The number of aryl methyl sites for hydroxylation is 1. The molecule has 1 saturated heterocycles. The second-order valence-electron chi connectivity index (χ2n) is 7.36. The average molecular weight is 471 g/mol. The second kappa shape index (κ2) is 11.1. The van der Waals surface area contributed by atoms with Crippen molar-refractivity contribution in [2.75, 3.05) is 19.6 Å². The van der Waals surface area contributed by atoms with Gasteiger partial charge in [-0.3, -0.25) is 4.98 Å². The third-order valence-corrected chi connectivity index (χ3v) is 5.56. The van der Waals surface area contributed by atoms with Crippen LogP contribution in [0.5, 0.6) is 0 Å². The molecule has 0 aromatic carbocycles. The molecule has 0 radical (unpaired) electrons. The lowest BCUT2D eigenvalue weighted by atomic mass is 10.0. The van der Waals surface area contributed by atoms with Gasteiger partial charge in [-0.25, -0.2) is 4.99 Å². The highest BCUT2D eigenvalue weighted by atomic mass is 127. The summed E-state index contributed by atoms with van der Waals surface area (Å²) in [6.45, 7) is 8.17. The summed E-state index contributed by atoms with van der Waals surface area (Å²) in [5.74, 6) is 0.923. The lowest BCUT2D eigenvalue weighted by Gasteiger charge is -2.36. The van der Waals surface area contributed by atoms with E-state index in [9.17, 15) is 0 Å². The highest BCUT2D eigenvalue weighted by molar-refractivity contribution is 14.0. The van der Waals surface area contributed by atoms with E-state index >= 15 is 0 Å². The number of aromatic nitrogens is 1. The third kappa shape index (κ3) is 6.08. The fourth-order valence-corrected chi connectivity index (χ4v) is 4.03. The minimum Gasteiger partial charge on any atom is -0.357 e. The lowest BCUT2D eigenvalue weighted by molar-refractivity contribution is 0.150. The zero-order valence-electron chi connectivity index (χ0n) is 16.2. The van der Waals surface area contributed by atoms with Gasteiger partial charge in [0.25, 0.3) is 0 Å². The predicted octanol–water partition coefficient (Wildman–Crippen LogP) is 3.47. The van der Waals surface area contributed by atoms with E-state index in [0.717, 1.165) is 24.2 Å². The van der Waals surface area contributed by atoms with Crippen LogP contribution in [0.2, 0.25) is 0 Å². The molecule has 5 nitrogen and oxygen atoms in total. The Bertz CT molecular complexity index is 563. The smallest absolute Gasteiger partial charge is 0.191 e. The molecule has 1 aliphatic carbocycles. The molecular weight excluding hydrogens is 437 g/mol. The summed E-state index contributed by atoms with van der Waals surface area (Å²) in [5.41, 5.74) is 2.25. The molecule has 3 rings (SSSR count). The summed E-state index contributed by atoms with van der Waals surface area (Å²) in [7, 11) is 0. The van der Waals surface area contributed by atoms with Gasteiger partial charge in [-0.15, -0.1) is 24.0 Å². The topological polar surface area (TPSA) is 52.6 Å². The van der Waals surface area contributed by atoms with E-state index < -0.39 is 0 Å². The molecule has 26 heavy (non-hydrogen) atoms. The number of hydrogen-bond acceptors (Lipinski definition) is 3. The summed E-state index contributed by atoms with van der Waals surface area (Å²) in [6.07, 6.45) is 9.93. The van der Waals surface area contributed by atoms with Gasteiger partial charge in [0.05, 0.1) is 12.2 Å². The first-order valence-electron chi connectivity index (χ1n) is 9.95. The Hall–Kier alpha value is -0.890. The van der Waals surface area contributed by atoms with Gasteiger partial charge in [-0.2, -0.15) is 0 Å². The molecule has 1 aromatic heterocycles. The first kappa shape index (κ1) is 21.4. The Morgan fingerprint density at radius 2 is 1.96 bits per heavy atom. The Balaban J connectivity index is 0.00000243. The number of guanidine groups is 1. The summed E-state index contributed by atoms with van der Waals surface area (Å²) in [5, 5.41) is 7.03. The first-order chi connectivity index (χ1) is 12.3. The van der Waals surface area contributed by atoms with Crippen LogP contribution in [-0.2, 0) is 6.54 Å². The van der Waals surface area contributed by atoms with Crippen LogP contribution in [0.15, 0.2) is 23.3 Å². The Kier molecular flexibility index (Phi) is 9.11. The molecule has 2 N–H and O–H groups in total. The van der Waals surface area contributed by atoms with Crippen molar-refractivity contribution in [2.45, 2.75) is 71.0 Å². The van der Waals surface area contributed by atoms with E-state index in [1.165, 1.54) is 57.2 Å². The normalized spacial score (nSPS) is 20.0. The maximum Gasteiger partial charge on any atom is 0.191 e. The van der Waals surface area contributed by atoms with Gasteiger partial charge in [0, 0.05) is 37.9 Å². The highest BCUT2D eigenvalue weighted by Gasteiger charge is 2.27. The van der Waals surface area contributed by atoms with Crippen LogP contribution in [0.1, 0.15) is 56.7 Å². The van der Waals surface area contributed by atoms with Crippen LogP contribution in [0, 0.1) is 6.92 Å². The average Bonchev–Trinajstić information content (AvgIpc) is 3.16. The van der Waals surface area contributed by atoms with Gasteiger partial charge in [-0.05, 0) is 51.2 Å². The van der Waals surface area contributed by atoms with Gasteiger partial charge in [0.15, 0.2) is 5.96 Å². The minimum absolute atomic E-state index is 0. The molecule has 0 spiro atoms. The van der Waals surface area contributed by atoms with Crippen molar-refractivity contribution in [3.8, 4) is 0 Å². The summed E-state index contributed by atoms with van der Waals surface area (Å²) >= 11 is 0. The van der Waals surface area contributed by atoms with Crippen LogP contribution < -0.4 is 10.6 Å². The van der Waals surface area contributed by atoms with Crippen molar-refractivity contribution >= 4 is 29.9 Å². The van der Waals surface area contributed by atoms with E-state index in [-0.39, 0.29) is 24.0 Å². The van der Waals surface area contributed by atoms with E-state index in [1.54, 1.807) is 0 Å². The molecular formula is C20H34IN5. The number of nitrogens with zero attached hydrogens (tertiary/aromatic N) is 3. The van der Waals surface area contributed by atoms with Crippen molar-refractivity contribution < 1.29 is 0 Å². The summed E-state index contributed by atoms with van der Waals surface area (Å²) < 4.78 is 0. The lowest BCUT2D eigenvalue weighted by Crippen LogP contribution is -2.50. The van der Waals surface area contributed by atoms with E-state index in [1.807, 2.05) is 12.3 Å². The largest absolute Gasteiger partial charge is 0.357 e. The molecule has 2 aliphatic rings. The van der Waals surface area contributed by atoms with E-state index in [2.05, 4.69) is 40.4 Å². The number of halogens is 1. The molecule has 0 atom stereocenters. The first-order valence-corrected chi connectivity index (χ1v) is 9.95. The molecule has 0 unspecified atom stereocenters. The zero-order chi connectivity index (χ0) is 17.5. The fraction of sp³-hybridized carbons (Fsp3) is 0.700. The maximum absolute atomic E-state index is 4.75. The van der Waals surface area contributed by atoms with Gasteiger partial charge in [-0.1, -0.05) is 18.9 Å². The highest BCUT2D eigenvalue weighted by Crippen LogP contribution is 2.26. The van der Waals surface area contributed by atoms with Crippen molar-refractivity contribution in [2.24, 2.45) is 4.99 Å². The molecule has 6 heteroatoms. The molecule has 1 aromatic rings. The van der Waals surface area contributed by atoms with Crippen molar-refractivity contribution in [1.29, 1.82) is 0 Å². The molecule has 1 saturated carbocycles. The zero-order valence-corrected chi connectivity index (χ0v) is 18.5. The number of hydrogen-bond donors (Lipinski definition) is 2. The van der Waals surface area contributed by atoms with Crippen LogP contribution in [0.25, 0.3) is 0 Å². The summed E-state index contributed by atoms with van der Waals surface area (Å²) in [4.78, 5) is 11.9. The number of likely N-dealkylation sites (tertiary alicyclic amines) is 1. The number of piperidine rings is 1. The molecule has 0 amide bonds. The number of aliphatic imine (C=N–C) groups is 1. The maximum atomic E-state index is 4.75. The Morgan fingerprint density at radius 1 is 1.23 bits per heavy atom. The quantitative estimate of drug-likeness (QED) is 0.393. The van der Waals surface area contributed by atoms with Crippen molar-refractivity contribution in [3.63, 3.8) is 0 Å². The van der Waals surface area contributed by atoms with Crippen LogP contribution in [-0.4, -0.2) is 47.6 Å². The standard InChI is InChI=1S/C20H33N5.HI/c1-3-21-20(23-15-19-16(2)7-6-12-22-19)24-17-10-13-25(14-11-17)18-8-4-5-9-18;/h6-7,12,17-18H,3-5,8-11,13-15H2,1-2H3,(H2,21,23,24);1H. The number of rotatable bonds is 5. The van der Waals surface area contributed by atoms with Gasteiger partial charge in [0.1, 0.15) is 0 Å². The van der Waals surface area contributed by atoms with Crippen molar-refractivity contribution in [3.05, 3.63) is 29.6 Å². The third-order valence-electron chi connectivity index (χ3n) is 5.56. The van der Waals surface area contributed by atoms with Gasteiger partial charge >= 0.3 is 0 Å². The van der Waals surface area contributed by atoms with Crippen LogP contribution in [0.4, 0.5) is 0 Å². The molecule has 2 heterocycles. The molecule has 1 aliphatic heterocycles. The van der Waals surface area contributed by atoms with E-state index in [4.69, 9.17) is 4.99 Å². The van der Waals surface area contributed by atoms with E-state index in [0.29, 0.717) is 12.6 Å². The predicted molar refractivity (Wildman–Crippen MR) is 119 cm³/mol. The molecule has 146 valence electrons. The van der Waals surface area contributed by atoms with Gasteiger partial charge < -0.3 is 15.5 Å². The Morgan fingerprint density at radius 3 is 2.62 bits per heavy atom. The number of pyridine rings is 1. The number of nitrogens with one attached hydrogen (secondary N) is 2. The van der Waals surface area contributed by atoms with Crippen LogP contribution >= 0.6 is 24.0 Å². The second-order valence-corrected chi connectivity index (χ2v) is 7.36. The van der Waals surface area contributed by atoms with Crippen LogP contribution in [0.3, 0.4) is 0 Å². The minimum atomic E-state index is 0. The fourth-order valence-electron chi connectivity index (χ4n) is 4.03. The van der Waals surface area contributed by atoms with Crippen molar-refractivity contribution in [1.82, 2.24) is 20.5 Å². The van der Waals surface area contributed by atoms with Gasteiger partial charge in [0.2, 0.25) is 0 Å².